The topological polar surface area (TPSA) is 43.4 Å². The highest BCUT2D eigenvalue weighted by atomic mass is 16.5. The van der Waals surface area contributed by atoms with Crippen molar-refractivity contribution >= 4 is 12.3 Å². The minimum Gasteiger partial charge on any atom is -0.465 e. The maximum atomic E-state index is 11.8. The van der Waals surface area contributed by atoms with E-state index in [0.29, 0.717) is 12.5 Å². The first-order valence-electron chi connectivity index (χ1n) is 5.05. The van der Waals surface area contributed by atoms with Crippen molar-refractivity contribution in [2.75, 3.05) is 6.61 Å². The normalized spacial score (nSPS) is 38.6. The Morgan fingerprint density at radius 1 is 1.71 bits per heavy atom. The molecule has 3 heteroatoms. The molecule has 3 unspecified atom stereocenters. The molecule has 3 atom stereocenters. The fourth-order valence-corrected chi connectivity index (χ4v) is 2.60. The average Bonchev–Trinajstić information content (AvgIpc) is 2.75. The minimum atomic E-state index is -0.623. The van der Waals surface area contributed by atoms with Crippen LogP contribution < -0.4 is 0 Å². The van der Waals surface area contributed by atoms with Crippen molar-refractivity contribution in [1.29, 1.82) is 0 Å². The maximum Gasteiger partial charge on any atom is 0.316 e. The Hall–Kier alpha value is -1.12. The van der Waals surface area contributed by atoms with Gasteiger partial charge in [-0.15, -0.1) is 0 Å². The van der Waals surface area contributed by atoms with Crippen molar-refractivity contribution in [3.05, 3.63) is 12.2 Å². The Kier molecular flexibility index (Phi) is 2.17. The van der Waals surface area contributed by atoms with Gasteiger partial charge in [-0.2, -0.15) is 0 Å². The molecule has 0 aromatic heterocycles. The molecule has 0 amide bonds. The maximum absolute atomic E-state index is 11.8. The van der Waals surface area contributed by atoms with Crippen molar-refractivity contribution < 1.29 is 14.3 Å². The third kappa shape index (κ3) is 1.11. The van der Waals surface area contributed by atoms with Crippen molar-refractivity contribution in [2.24, 2.45) is 17.3 Å². The van der Waals surface area contributed by atoms with Gasteiger partial charge in [-0.3, -0.25) is 4.79 Å². The Bertz CT molecular complexity index is 295. The molecular formula is C11H14O3. The zero-order valence-electron chi connectivity index (χ0n) is 8.23. The lowest BCUT2D eigenvalue weighted by Crippen LogP contribution is -2.35. The monoisotopic (exact) mass is 194 g/mol. The Balaban J connectivity index is 2.24. The zero-order valence-corrected chi connectivity index (χ0v) is 8.23. The Labute approximate surface area is 83.1 Å². The van der Waals surface area contributed by atoms with Crippen LogP contribution in [0.15, 0.2) is 12.2 Å². The van der Waals surface area contributed by atoms with Crippen LogP contribution in [0.25, 0.3) is 0 Å². The molecule has 0 saturated heterocycles. The van der Waals surface area contributed by atoms with E-state index >= 15 is 0 Å². The SMILES string of the molecule is CCOC(=O)C12C=CC(CC1C=O)C2. The largest absolute Gasteiger partial charge is 0.465 e. The van der Waals surface area contributed by atoms with Crippen LogP contribution in [-0.4, -0.2) is 18.9 Å². The molecule has 2 aliphatic carbocycles. The first kappa shape index (κ1) is 9.44. The average molecular weight is 194 g/mol. The van der Waals surface area contributed by atoms with E-state index in [2.05, 4.69) is 0 Å². The van der Waals surface area contributed by atoms with Gasteiger partial charge in [-0.05, 0) is 25.7 Å². The van der Waals surface area contributed by atoms with Crippen molar-refractivity contribution in [2.45, 2.75) is 19.8 Å². The smallest absolute Gasteiger partial charge is 0.316 e. The van der Waals surface area contributed by atoms with Crippen molar-refractivity contribution in [3.63, 3.8) is 0 Å². The number of rotatable bonds is 3. The molecule has 76 valence electrons. The molecular weight excluding hydrogens is 180 g/mol. The molecule has 0 radical (unpaired) electrons. The van der Waals surface area contributed by atoms with Gasteiger partial charge >= 0.3 is 5.97 Å². The molecule has 2 bridgehead atoms. The number of ether oxygens (including phenoxy) is 1. The summed E-state index contributed by atoms with van der Waals surface area (Å²) in [5, 5.41) is 0. The van der Waals surface area contributed by atoms with Crippen LogP contribution >= 0.6 is 0 Å². The third-order valence-corrected chi connectivity index (χ3v) is 3.30. The third-order valence-electron chi connectivity index (χ3n) is 3.30. The number of carbonyl (C=O) groups excluding carboxylic acids is 2. The molecule has 1 saturated carbocycles. The lowest BCUT2D eigenvalue weighted by molar-refractivity contribution is -0.155. The molecule has 14 heavy (non-hydrogen) atoms. The first-order valence-corrected chi connectivity index (χ1v) is 5.05. The summed E-state index contributed by atoms with van der Waals surface area (Å²) in [7, 11) is 0. The molecule has 1 fully saturated rings. The zero-order chi connectivity index (χ0) is 10.2. The van der Waals surface area contributed by atoms with E-state index in [4.69, 9.17) is 4.74 Å². The van der Waals surface area contributed by atoms with Gasteiger partial charge in [0.15, 0.2) is 0 Å². The highest BCUT2D eigenvalue weighted by Gasteiger charge is 2.54. The molecule has 0 aromatic carbocycles. The lowest BCUT2D eigenvalue weighted by Gasteiger charge is -2.25. The molecule has 0 aliphatic heterocycles. The van der Waals surface area contributed by atoms with Gasteiger partial charge in [0, 0.05) is 5.92 Å². The van der Waals surface area contributed by atoms with E-state index in [1.807, 2.05) is 12.2 Å². The van der Waals surface area contributed by atoms with E-state index in [1.54, 1.807) is 6.92 Å². The van der Waals surface area contributed by atoms with Crippen LogP contribution in [0.4, 0.5) is 0 Å². The minimum absolute atomic E-state index is 0.170. The number of allylic oxidation sites excluding steroid dienone is 1. The number of fused-ring (bicyclic) bond motifs is 2. The summed E-state index contributed by atoms with van der Waals surface area (Å²) in [6.45, 7) is 2.17. The number of carbonyl (C=O) groups is 2. The van der Waals surface area contributed by atoms with Crippen LogP contribution in [0.5, 0.6) is 0 Å². The Morgan fingerprint density at radius 2 is 2.50 bits per heavy atom. The van der Waals surface area contributed by atoms with Gasteiger partial charge in [0.05, 0.1) is 12.0 Å². The van der Waals surface area contributed by atoms with Crippen LogP contribution in [0.3, 0.4) is 0 Å². The van der Waals surface area contributed by atoms with Crippen LogP contribution in [0.1, 0.15) is 19.8 Å². The van der Waals surface area contributed by atoms with Gasteiger partial charge in [0.1, 0.15) is 6.29 Å². The standard InChI is InChI=1S/C11H14O3/c1-2-14-10(13)11-4-3-8(6-11)5-9(11)7-12/h3-4,7-9H,2,5-6H2,1H3. The number of esters is 1. The molecule has 0 aromatic rings. The van der Waals surface area contributed by atoms with Crippen LogP contribution in [0.2, 0.25) is 0 Å². The molecule has 0 heterocycles. The van der Waals surface area contributed by atoms with Gasteiger partial charge in [-0.25, -0.2) is 0 Å². The van der Waals surface area contributed by atoms with Gasteiger partial charge in [0.2, 0.25) is 0 Å². The van der Waals surface area contributed by atoms with E-state index in [1.165, 1.54) is 0 Å². The lowest BCUT2D eigenvalue weighted by atomic mass is 9.79. The van der Waals surface area contributed by atoms with E-state index in [0.717, 1.165) is 19.1 Å². The van der Waals surface area contributed by atoms with Gasteiger partial charge < -0.3 is 9.53 Å². The molecule has 2 aliphatic rings. The molecule has 3 nitrogen and oxygen atoms in total. The second-order valence-electron chi connectivity index (χ2n) is 4.06. The fraction of sp³-hybridized carbons (Fsp3) is 0.636. The summed E-state index contributed by atoms with van der Waals surface area (Å²) in [5.74, 6) is -0.000457. The number of hydrogen-bond acceptors (Lipinski definition) is 3. The molecule has 0 spiro atoms. The summed E-state index contributed by atoms with van der Waals surface area (Å²) in [4.78, 5) is 22.6. The van der Waals surface area contributed by atoms with Crippen LogP contribution in [0, 0.1) is 17.3 Å². The second-order valence-corrected chi connectivity index (χ2v) is 4.06. The number of hydrogen-bond donors (Lipinski definition) is 0. The highest BCUT2D eigenvalue weighted by Crippen LogP contribution is 2.53. The van der Waals surface area contributed by atoms with E-state index in [9.17, 15) is 9.59 Å². The number of aldehydes is 1. The Morgan fingerprint density at radius 3 is 3.07 bits per heavy atom. The fourth-order valence-electron chi connectivity index (χ4n) is 2.60. The quantitative estimate of drug-likeness (QED) is 0.387. The van der Waals surface area contributed by atoms with Crippen molar-refractivity contribution in [1.82, 2.24) is 0 Å². The van der Waals surface area contributed by atoms with Gasteiger partial charge in [0.25, 0.3) is 0 Å². The molecule has 0 N–H and O–H groups in total. The first-order chi connectivity index (χ1) is 6.73. The van der Waals surface area contributed by atoms with Crippen LogP contribution in [-0.2, 0) is 14.3 Å². The van der Waals surface area contributed by atoms with E-state index in [-0.39, 0.29) is 11.9 Å². The predicted molar refractivity (Wildman–Crippen MR) is 50.5 cm³/mol. The second kappa shape index (κ2) is 3.23. The summed E-state index contributed by atoms with van der Waals surface area (Å²) >= 11 is 0. The molecule has 2 rings (SSSR count). The summed E-state index contributed by atoms with van der Waals surface area (Å²) in [5.41, 5.74) is -0.623. The summed E-state index contributed by atoms with van der Waals surface area (Å²) in [6.07, 6.45) is 6.38. The summed E-state index contributed by atoms with van der Waals surface area (Å²) < 4.78 is 5.03. The van der Waals surface area contributed by atoms with E-state index < -0.39 is 5.41 Å². The van der Waals surface area contributed by atoms with Gasteiger partial charge in [-0.1, -0.05) is 12.2 Å². The highest BCUT2D eigenvalue weighted by molar-refractivity contribution is 5.85. The predicted octanol–water partition coefficient (Wildman–Crippen LogP) is 1.33. The van der Waals surface area contributed by atoms with Crippen molar-refractivity contribution in [3.8, 4) is 0 Å². The summed E-state index contributed by atoms with van der Waals surface area (Å²) in [6, 6.07) is 0.